The van der Waals surface area contributed by atoms with Crippen molar-refractivity contribution < 1.29 is 9.18 Å². The minimum atomic E-state index is -0.289. The average Bonchev–Trinajstić information content (AvgIpc) is 3.21. The Morgan fingerprint density at radius 3 is 2.53 bits per heavy atom. The zero-order valence-electron chi connectivity index (χ0n) is 16.6. The quantitative estimate of drug-likeness (QED) is 0.359. The third-order valence-electron chi connectivity index (χ3n) is 4.69. The predicted octanol–water partition coefficient (Wildman–Crippen LogP) is 5.77. The predicted molar refractivity (Wildman–Crippen MR) is 122 cm³/mol. The lowest BCUT2D eigenvalue weighted by atomic mass is 10.1. The van der Waals surface area contributed by atoms with Crippen LogP contribution in [0.2, 0.25) is 0 Å². The minimum absolute atomic E-state index is 0.0654. The smallest absolute Gasteiger partial charge is 0.239 e. The van der Waals surface area contributed by atoms with Gasteiger partial charge in [0, 0.05) is 11.1 Å². The van der Waals surface area contributed by atoms with Crippen molar-refractivity contribution in [3.63, 3.8) is 0 Å². The number of nitrogens with zero attached hydrogens (tertiary/aromatic N) is 3. The number of rotatable bonds is 6. The number of aryl methyl sites for hydroxylation is 2. The normalized spacial score (nSPS) is 11.0. The number of anilines is 1. The van der Waals surface area contributed by atoms with Crippen LogP contribution in [0.5, 0.6) is 0 Å². The molecule has 0 unspecified atom stereocenters. The number of thiazole rings is 1. The molecule has 4 aromatic rings. The average molecular weight is 438 g/mol. The molecule has 30 heavy (non-hydrogen) atoms. The Morgan fingerprint density at radius 2 is 1.83 bits per heavy atom. The van der Waals surface area contributed by atoms with Crippen LogP contribution in [-0.4, -0.2) is 21.6 Å². The molecule has 0 atom stereocenters. The van der Waals surface area contributed by atoms with E-state index in [0.29, 0.717) is 11.7 Å². The molecule has 0 aliphatic carbocycles. The summed E-state index contributed by atoms with van der Waals surface area (Å²) < 4.78 is 14.2. The van der Waals surface area contributed by atoms with Crippen molar-refractivity contribution in [3.05, 3.63) is 83.4 Å². The zero-order chi connectivity index (χ0) is 21.1. The van der Waals surface area contributed by atoms with E-state index in [0.717, 1.165) is 31.9 Å². The molecule has 0 spiro atoms. The second-order valence-electron chi connectivity index (χ2n) is 6.92. The van der Waals surface area contributed by atoms with Crippen molar-refractivity contribution in [1.82, 2.24) is 9.97 Å². The van der Waals surface area contributed by atoms with E-state index < -0.39 is 0 Å². The summed E-state index contributed by atoms with van der Waals surface area (Å²) in [7, 11) is 0. The molecule has 2 heterocycles. The van der Waals surface area contributed by atoms with Crippen molar-refractivity contribution in [2.75, 3.05) is 10.7 Å². The molecule has 1 amide bonds. The number of pyridine rings is 1. The van der Waals surface area contributed by atoms with Crippen LogP contribution in [0.1, 0.15) is 16.8 Å². The standard InChI is InChI=1S/C23H20FN3OS2/c1-15-6-7-16(2)22-21(15)26-23(30-22)27(13-18-5-3-4-12-25-18)20(28)14-29-19-10-8-17(24)9-11-19/h3-12H,13-14H2,1-2H3. The number of aromatic nitrogens is 2. The second kappa shape index (κ2) is 8.93. The van der Waals surface area contributed by atoms with Crippen molar-refractivity contribution in [1.29, 1.82) is 0 Å². The number of carbonyl (C=O) groups excluding carboxylic acids is 1. The third kappa shape index (κ3) is 4.52. The SMILES string of the molecule is Cc1ccc(C)c2sc(N(Cc3ccccn3)C(=O)CSc3ccc(F)cc3)nc12. The first-order valence-electron chi connectivity index (χ1n) is 9.46. The van der Waals surface area contributed by atoms with E-state index >= 15 is 0 Å². The Morgan fingerprint density at radius 1 is 1.07 bits per heavy atom. The molecule has 0 saturated heterocycles. The first-order valence-corrected chi connectivity index (χ1v) is 11.3. The first kappa shape index (κ1) is 20.5. The highest BCUT2D eigenvalue weighted by molar-refractivity contribution is 8.00. The molecule has 0 aliphatic rings. The fraction of sp³-hybridized carbons (Fsp3) is 0.174. The van der Waals surface area contributed by atoms with Crippen LogP contribution in [-0.2, 0) is 11.3 Å². The fourth-order valence-electron chi connectivity index (χ4n) is 3.03. The van der Waals surface area contributed by atoms with Crippen LogP contribution < -0.4 is 4.90 Å². The highest BCUT2D eigenvalue weighted by Crippen LogP contribution is 2.34. The molecular formula is C23H20FN3OS2. The highest BCUT2D eigenvalue weighted by Gasteiger charge is 2.22. The molecule has 152 valence electrons. The molecule has 2 aromatic heterocycles. The van der Waals surface area contributed by atoms with Gasteiger partial charge in [0.1, 0.15) is 5.82 Å². The van der Waals surface area contributed by atoms with Crippen molar-refractivity contribution in [3.8, 4) is 0 Å². The molecular weight excluding hydrogens is 417 g/mol. The Kier molecular flexibility index (Phi) is 6.11. The summed E-state index contributed by atoms with van der Waals surface area (Å²) in [4.78, 5) is 24.9. The zero-order valence-corrected chi connectivity index (χ0v) is 18.3. The van der Waals surface area contributed by atoms with Crippen molar-refractivity contribution >= 4 is 44.4 Å². The van der Waals surface area contributed by atoms with E-state index in [4.69, 9.17) is 4.98 Å². The summed E-state index contributed by atoms with van der Waals surface area (Å²) in [5, 5.41) is 0.665. The van der Waals surface area contributed by atoms with Crippen molar-refractivity contribution in [2.24, 2.45) is 0 Å². The number of fused-ring (bicyclic) bond motifs is 1. The van der Waals surface area contributed by atoms with Crippen LogP contribution in [0.4, 0.5) is 9.52 Å². The van der Waals surface area contributed by atoms with E-state index in [-0.39, 0.29) is 17.5 Å². The van der Waals surface area contributed by atoms with E-state index in [1.165, 1.54) is 35.2 Å². The molecule has 4 rings (SSSR count). The van der Waals surface area contributed by atoms with Gasteiger partial charge in [-0.15, -0.1) is 11.8 Å². The van der Waals surface area contributed by atoms with Gasteiger partial charge in [-0.2, -0.15) is 0 Å². The second-order valence-corrected chi connectivity index (χ2v) is 8.94. The molecule has 0 N–H and O–H groups in total. The van der Waals surface area contributed by atoms with Gasteiger partial charge in [0.15, 0.2) is 5.13 Å². The van der Waals surface area contributed by atoms with Gasteiger partial charge in [0.2, 0.25) is 5.91 Å². The Hall–Kier alpha value is -2.77. The molecule has 4 nitrogen and oxygen atoms in total. The van der Waals surface area contributed by atoms with Crippen LogP contribution >= 0.6 is 23.1 Å². The van der Waals surface area contributed by atoms with Gasteiger partial charge in [-0.05, 0) is 61.4 Å². The maximum absolute atomic E-state index is 13.2. The van der Waals surface area contributed by atoms with Gasteiger partial charge in [-0.3, -0.25) is 14.7 Å². The molecule has 0 radical (unpaired) electrons. The summed E-state index contributed by atoms with van der Waals surface area (Å²) >= 11 is 2.91. The summed E-state index contributed by atoms with van der Waals surface area (Å²) in [6.45, 7) is 4.43. The monoisotopic (exact) mass is 437 g/mol. The molecule has 2 aromatic carbocycles. The van der Waals surface area contributed by atoms with Crippen molar-refractivity contribution in [2.45, 2.75) is 25.3 Å². The Labute approximate surface area is 182 Å². The minimum Gasteiger partial charge on any atom is -0.281 e. The molecule has 7 heteroatoms. The van der Waals surface area contributed by atoms with E-state index in [1.807, 2.05) is 25.1 Å². The van der Waals surface area contributed by atoms with E-state index in [2.05, 4.69) is 24.0 Å². The number of amides is 1. The van der Waals surface area contributed by atoms with Gasteiger partial charge in [-0.25, -0.2) is 9.37 Å². The third-order valence-corrected chi connectivity index (χ3v) is 6.90. The Balaban J connectivity index is 1.64. The number of carbonyl (C=O) groups is 1. The molecule has 0 bridgehead atoms. The number of hydrogen-bond acceptors (Lipinski definition) is 5. The number of thioether (sulfide) groups is 1. The van der Waals surface area contributed by atoms with Crippen LogP contribution in [0, 0.1) is 19.7 Å². The van der Waals surface area contributed by atoms with Gasteiger partial charge < -0.3 is 0 Å². The largest absolute Gasteiger partial charge is 0.281 e. The van der Waals surface area contributed by atoms with Crippen LogP contribution in [0.15, 0.2) is 65.7 Å². The van der Waals surface area contributed by atoms with Crippen LogP contribution in [0.3, 0.4) is 0 Å². The van der Waals surface area contributed by atoms with Gasteiger partial charge in [-0.1, -0.05) is 29.5 Å². The topological polar surface area (TPSA) is 46.1 Å². The first-order chi connectivity index (χ1) is 14.5. The fourth-order valence-corrected chi connectivity index (χ4v) is 4.94. The molecule has 0 aliphatic heterocycles. The van der Waals surface area contributed by atoms with E-state index in [9.17, 15) is 9.18 Å². The summed E-state index contributed by atoms with van der Waals surface area (Å²) in [5.74, 6) is -0.126. The lowest BCUT2D eigenvalue weighted by Crippen LogP contribution is -2.32. The van der Waals surface area contributed by atoms with E-state index in [1.54, 1.807) is 23.2 Å². The maximum Gasteiger partial charge on any atom is 0.239 e. The summed E-state index contributed by atoms with van der Waals surface area (Å²) in [6.07, 6.45) is 1.72. The number of halogens is 1. The summed E-state index contributed by atoms with van der Waals surface area (Å²) in [5.41, 5.74) is 3.96. The molecule has 0 fully saturated rings. The number of hydrogen-bond donors (Lipinski definition) is 0. The molecule has 0 saturated carbocycles. The van der Waals surface area contributed by atoms with Crippen LogP contribution in [0.25, 0.3) is 10.2 Å². The van der Waals surface area contributed by atoms with Gasteiger partial charge >= 0.3 is 0 Å². The van der Waals surface area contributed by atoms with Gasteiger partial charge in [0.25, 0.3) is 0 Å². The van der Waals surface area contributed by atoms with Gasteiger partial charge in [0.05, 0.1) is 28.2 Å². The Bertz CT molecular complexity index is 1140. The summed E-state index contributed by atoms with van der Waals surface area (Å²) in [6, 6.07) is 16.0. The lowest BCUT2D eigenvalue weighted by molar-refractivity contribution is -0.116. The number of benzene rings is 2. The maximum atomic E-state index is 13.2. The highest BCUT2D eigenvalue weighted by atomic mass is 32.2. The lowest BCUT2D eigenvalue weighted by Gasteiger charge is -2.19.